The van der Waals surface area contributed by atoms with Crippen molar-refractivity contribution >= 4 is 5.91 Å². The van der Waals surface area contributed by atoms with E-state index in [-0.39, 0.29) is 0 Å². The molecule has 3 rings (SSSR count). The van der Waals surface area contributed by atoms with Gasteiger partial charge >= 0.3 is 0 Å². The van der Waals surface area contributed by atoms with Crippen LogP contribution in [0, 0.1) is 6.92 Å². The van der Waals surface area contributed by atoms with E-state index in [9.17, 15) is 4.79 Å². The summed E-state index contributed by atoms with van der Waals surface area (Å²) in [6.07, 6.45) is 2.01. The summed E-state index contributed by atoms with van der Waals surface area (Å²) in [5, 5.41) is 0. The molecule has 0 radical (unpaired) electrons. The van der Waals surface area contributed by atoms with E-state index < -0.39 is 5.91 Å². The lowest BCUT2D eigenvalue weighted by Gasteiger charge is -2.12. The summed E-state index contributed by atoms with van der Waals surface area (Å²) in [6.45, 7) is 2.10. The number of aryl methyl sites for hydroxylation is 1. The second-order valence-electron chi connectivity index (χ2n) is 4.99. The van der Waals surface area contributed by atoms with Crippen LogP contribution in [0.25, 0.3) is 16.9 Å². The minimum Gasteiger partial charge on any atom is -0.366 e. The molecular weight excluding hydrogens is 260 g/mol. The Morgan fingerprint density at radius 2 is 1.67 bits per heavy atom. The molecule has 0 atom stereocenters. The van der Waals surface area contributed by atoms with E-state index in [4.69, 9.17) is 5.73 Å². The molecule has 0 saturated heterocycles. The molecule has 0 aliphatic rings. The monoisotopic (exact) mass is 276 g/mol. The van der Waals surface area contributed by atoms with Crippen molar-refractivity contribution in [1.82, 2.24) is 4.57 Å². The Morgan fingerprint density at radius 1 is 0.952 bits per heavy atom. The molecule has 0 fully saturated rings. The molecule has 1 heterocycles. The largest absolute Gasteiger partial charge is 0.366 e. The van der Waals surface area contributed by atoms with Crippen LogP contribution in [0.15, 0.2) is 66.9 Å². The molecule has 2 aromatic carbocycles. The number of nitrogens with zero attached hydrogens (tertiary/aromatic N) is 1. The summed E-state index contributed by atoms with van der Waals surface area (Å²) >= 11 is 0. The Bertz CT molecular complexity index is 785. The van der Waals surface area contributed by atoms with E-state index >= 15 is 0 Å². The highest BCUT2D eigenvalue weighted by atomic mass is 16.1. The third-order valence-corrected chi connectivity index (χ3v) is 3.60. The Hall–Kier alpha value is -2.81. The first-order chi connectivity index (χ1) is 10.2. The minimum atomic E-state index is -0.409. The Labute approximate surface area is 123 Å². The molecule has 3 aromatic rings. The van der Waals surface area contributed by atoms with Gasteiger partial charge in [0.15, 0.2) is 0 Å². The second-order valence-corrected chi connectivity index (χ2v) is 4.99. The minimum absolute atomic E-state index is 0.409. The van der Waals surface area contributed by atoms with Crippen LogP contribution in [0.1, 0.15) is 15.9 Å². The fraction of sp³-hybridized carbons (Fsp3) is 0.0556. The fourth-order valence-electron chi connectivity index (χ4n) is 2.47. The highest BCUT2D eigenvalue weighted by Crippen LogP contribution is 2.26. The molecule has 0 spiro atoms. The number of hydrogen-bond acceptors (Lipinski definition) is 1. The number of benzene rings is 2. The second kappa shape index (κ2) is 5.29. The lowest BCUT2D eigenvalue weighted by Crippen LogP contribution is -2.10. The number of rotatable bonds is 3. The van der Waals surface area contributed by atoms with E-state index in [1.807, 2.05) is 36.5 Å². The standard InChI is InChI=1S/C18H16N2O/c1-13-5-2-3-6-16(13)17-7-4-12-20(17)15-10-8-14(9-11-15)18(19)21/h2-12H,1H3,(H2,19,21). The van der Waals surface area contributed by atoms with Gasteiger partial charge in [0.25, 0.3) is 0 Å². The number of carbonyl (C=O) groups excluding carboxylic acids is 1. The molecule has 1 amide bonds. The zero-order valence-electron chi connectivity index (χ0n) is 11.8. The summed E-state index contributed by atoms with van der Waals surface area (Å²) in [4.78, 5) is 11.1. The number of carbonyl (C=O) groups is 1. The Balaban J connectivity index is 2.07. The van der Waals surface area contributed by atoms with Crippen LogP contribution in [0.4, 0.5) is 0 Å². The summed E-state index contributed by atoms with van der Waals surface area (Å²) in [5.74, 6) is -0.409. The van der Waals surface area contributed by atoms with Crippen molar-refractivity contribution in [3.63, 3.8) is 0 Å². The van der Waals surface area contributed by atoms with E-state index in [1.54, 1.807) is 12.1 Å². The lowest BCUT2D eigenvalue weighted by atomic mass is 10.1. The van der Waals surface area contributed by atoms with Crippen LogP contribution in [0.3, 0.4) is 0 Å². The van der Waals surface area contributed by atoms with Crippen molar-refractivity contribution in [2.24, 2.45) is 5.73 Å². The van der Waals surface area contributed by atoms with Crippen LogP contribution >= 0.6 is 0 Å². The first kappa shape index (κ1) is 13.2. The topological polar surface area (TPSA) is 48.0 Å². The molecular formula is C18H16N2O. The van der Waals surface area contributed by atoms with Crippen molar-refractivity contribution < 1.29 is 4.79 Å². The smallest absolute Gasteiger partial charge is 0.248 e. The van der Waals surface area contributed by atoms with Crippen LogP contribution in [0.5, 0.6) is 0 Å². The summed E-state index contributed by atoms with van der Waals surface area (Å²) in [6, 6.07) is 19.7. The van der Waals surface area contributed by atoms with Crippen molar-refractivity contribution in [2.45, 2.75) is 6.92 Å². The zero-order valence-corrected chi connectivity index (χ0v) is 11.8. The zero-order chi connectivity index (χ0) is 14.8. The predicted molar refractivity (Wildman–Crippen MR) is 84.5 cm³/mol. The van der Waals surface area contributed by atoms with Gasteiger partial charge in [-0.1, -0.05) is 24.3 Å². The maximum Gasteiger partial charge on any atom is 0.248 e. The van der Waals surface area contributed by atoms with Crippen molar-refractivity contribution in [2.75, 3.05) is 0 Å². The molecule has 3 nitrogen and oxygen atoms in total. The predicted octanol–water partition coefficient (Wildman–Crippen LogP) is 3.55. The molecule has 1 aromatic heterocycles. The van der Waals surface area contributed by atoms with Gasteiger partial charge in [-0.15, -0.1) is 0 Å². The molecule has 0 bridgehead atoms. The SMILES string of the molecule is Cc1ccccc1-c1cccn1-c1ccc(C(N)=O)cc1. The Kier molecular flexibility index (Phi) is 3.32. The summed E-state index contributed by atoms with van der Waals surface area (Å²) < 4.78 is 2.10. The molecule has 104 valence electrons. The van der Waals surface area contributed by atoms with E-state index in [0.29, 0.717) is 5.56 Å². The number of hydrogen-bond donors (Lipinski definition) is 1. The van der Waals surface area contributed by atoms with Crippen molar-refractivity contribution in [3.05, 3.63) is 78.0 Å². The van der Waals surface area contributed by atoms with Gasteiger partial charge in [0.1, 0.15) is 0 Å². The van der Waals surface area contributed by atoms with E-state index in [0.717, 1.165) is 11.4 Å². The quantitative estimate of drug-likeness (QED) is 0.781. The normalized spacial score (nSPS) is 10.5. The molecule has 21 heavy (non-hydrogen) atoms. The van der Waals surface area contributed by atoms with E-state index in [1.165, 1.54) is 11.1 Å². The third-order valence-electron chi connectivity index (χ3n) is 3.60. The van der Waals surface area contributed by atoms with Gasteiger partial charge in [0.2, 0.25) is 5.91 Å². The van der Waals surface area contributed by atoms with Gasteiger partial charge in [-0.3, -0.25) is 4.79 Å². The molecule has 0 unspecified atom stereocenters. The fourth-order valence-corrected chi connectivity index (χ4v) is 2.47. The van der Waals surface area contributed by atoms with Crippen LogP contribution in [-0.2, 0) is 0 Å². The molecule has 0 aliphatic carbocycles. The van der Waals surface area contributed by atoms with Crippen molar-refractivity contribution in [1.29, 1.82) is 0 Å². The molecule has 0 saturated carbocycles. The third kappa shape index (κ3) is 2.46. The first-order valence-corrected chi connectivity index (χ1v) is 6.80. The van der Waals surface area contributed by atoms with Crippen LogP contribution < -0.4 is 5.73 Å². The van der Waals surface area contributed by atoms with Crippen LogP contribution in [-0.4, -0.2) is 10.5 Å². The number of nitrogens with two attached hydrogens (primary N) is 1. The Morgan fingerprint density at radius 3 is 2.33 bits per heavy atom. The van der Waals surface area contributed by atoms with Gasteiger partial charge in [-0.2, -0.15) is 0 Å². The number of primary amides is 1. The van der Waals surface area contributed by atoms with Gasteiger partial charge < -0.3 is 10.3 Å². The van der Waals surface area contributed by atoms with Gasteiger partial charge in [0.05, 0.1) is 5.69 Å². The molecule has 2 N–H and O–H groups in total. The average Bonchev–Trinajstić information content (AvgIpc) is 2.97. The number of aromatic nitrogens is 1. The van der Waals surface area contributed by atoms with Gasteiger partial charge in [0, 0.05) is 23.0 Å². The average molecular weight is 276 g/mol. The van der Waals surface area contributed by atoms with Gasteiger partial charge in [-0.05, 0) is 48.9 Å². The van der Waals surface area contributed by atoms with Crippen molar-refractivity contribution in [3.8, 4) is 16.9 Å². The van der Waals surface area contributed by atoms with E-state index in [2.05, 4.69) is 29.7 Å². The molecule has 3 heteroatoms. The maximum atomic E-state index is 11.1. The maximum absolute atomic E-state index is 11.1. The molecule has 0 aliphatic heterocycles. The van der Waals surface area contributed by atoms with Gasteiger partial charge in [-0.25, -0.2) is 0 Å². The highest BCUT2D eigenvalue weighted by Gasteiger charge is 2.08. The first-order valence-electron chi connectivity index (χ1n) is 6.80. The summed E-state index contributed by atoms with van der Waals surface area (Å²) in [7, 11) is 0. The van der Waals surface area contributed by atoms with Crippen LogP contribution in [0.2, 0.25) is 0 Å². The lowest BCUT2D eigenvalue weighted by molar-refractivity contribution is 0.100. The highest BCUT2D eigenvalue weighted by molar-refractivity contribution is 5.92. The summed E-state index contributed by atoms with van der Waals surface area (Å²) in [5.41, 5.74) is 10.3. The number of amides is 1.